The molecular weight excluding hydrogens is 388 g/mol. The number of hydrogen-bond donors (Lipinski definition) is 5. The number of aliphatic hydroxyl groups is 4. The lowest BCUT2D eigenvalue weighted by Crippen LogP contribution is -2.62. The molecule has 4 atom stereocenters. The number of nitrogens with zero attached hydrogens (tertiary/aromatic N) is 5. The van der Waals surface area contributed by atoms with Gasteiger partial charge in [-0.3, -0.25) is 4.90 Å². The maximum atomic E-state index is 10.0. The van der Waals surface area contributed by atoms with Crippen LogP contribution in [0, 0.1) is 6.92 Å². The van der Waals surface area contributed by atoms with Gasteiger partial charge in [0.05, 0.1) is 24.4 Å². The minimum Gasteiger partial charge on any atom is -0.395 e. The molecule has 2 aromatic rings. The normalized spacial score (nSPS) is 24.8. The van der Waals surface area contributed by atoms with Crippen LogP contribution in [0.25, 0.3) is 5.69 Å². The van der Waals surface area contributed by atoms with Gasteiger partial charge in [-0.15, -0.1) is 15.0 Å². The van der Waals surface area contributed by atoms with Crippen molar-refractivity contribution in [3.05, 3.63) is 30.1 Å². The number of aryl methyl sites for hydroxylation is 1. The fraction of sp³-hybridized carbons (Fsp3) is 0.650. The van der Waals surface area contributed by atoms with Gasteiger partial charge in [0, 0.05) is 18.8 Å². The number of nitrogens with one attached hydrogen (secondary N) is 1. The fourth-order valence-electron chi connectivity index (χ4n) is 3.93. The molecule has 3 rings (SSSR count). The zero-order valence-corrected chi connectivity index (χ0v) is 17.3. The molecule has 1 aromatic carbocycles. The van der Waals surface area contributed by atoms with Crippen LogP contribution in [0.15, 0.2) is 24.5 Å². The molecule has 0 spiro atoms. The second kappa shape index (κ2) is 10.8. The lowest BCUT2D eigenvalue weighted by molar-refractivity contribution is -0.145. The summed E-state index contributed by atoms with van der Waals surface area (Å²) in [7, 11) is 0. The smallest absolute Gasteiger partial charge is 0.162 e. The molecule has 1 aliphatic rings. The van der Waals surface area contributed by atoms with Gasteiger partial charge in [0.2, 0.25) is 0 Å². The number of tetrazole rings is 1. The number of benzene rings is 1. The van der Waals surface area contributed by atoms with Crippen molar-refractivity contribution < 1.29 is 20.4 Å². The number of likely N-dealkylation sites (tertiary alicyclic amines) is 1. The van der Waals surface area contributed by atoms with Crippen molar-refractivity contribution in [2.45, 2.75) is 57.0 Å². The average molecular weight is 421 g/mol. The predicted octanol–water partition coefficient (Wildman–Crippen LogP) is -0.298. The van der Waals surface area contributed by atoms with Crippen LogP contribution < -0.4 is 5.32 Å². The van der Waals surface area contributed by atoms with Crippen LogP contribution in [0.2, 0.25) is 0 Å². The molecule has 1 fully saturated rings. The van der Waals surface area contributed by atoms with Crippen LogP contribution in [0.3, 0.4) is 0 Å². The zero-order valence-electron chi connectivity index (χ0n) is 17.3. The molecule has 10 nitrogen and oxygen atoms in total. The Morgan fingerprint density at radius 3 is 2.60 bits per heavy atom. The molecule has 10 heteroatoms. The SMILES string of the molecule is Cc1cc(NCCCCCCN2C[C@H](O)[C@@H](O)[C@H](O)[C@H]2CO)ccc1-n1ncnn1. The fourth-order valence-corrected chi connectivity index (χ4v) is 3.93. The van der Waals surface area contributed by atoms with Gasteiger partial charge in [-0.1, -0.05) is 12.8 Å². The third-order valence-corrected chi connectivity index (χ3v) is 5.68. The largest absolute Gasteiger partial charge is 0.395 e. The minimum atomic E-state index is -1.20. The highest BCUT2D eigenvalue weighted by Gasteiger charge is 2.40. The van der Waals surface area contributed by atoms with Crippen LogP contribution in [-0.4, -0.2) is 96.1 Å². The molecule has 5 N–H and O–H groups in total. The van der Waals surface area contributed by atoms with E-state index in [1.807, 2.05) is 24.0 Å². The molecule has 1 aromatic heterocycles. The summed E-state index contributed by atoms with van der Waals surface area (Å²) in [5.74, 6) is 0. The molecule has 1 saturated heterocycles. The summed E-state index contributed by atoms with van der Waals surface area (Å²) in [6, 6.07) is 5.51. The third-order valence-electron chi connectivity index (χ3n) is 5.68. The van der Waals surface area contributed by atoms with Crippen LogP contribution in [-0.2, 0) is 0 Å². The van der Waals surface area contributed by atoms with E-state index in [9.17, 15) is 20.4 Å². The highest BCUT2D eigenvalue weighted by molar-refractivity contribution is 5.52. The van der Waals surface area contributed by atoms with Gasteiger partial charge in [-0.05, 0) is 55.3 Å². The molecule has 0 saturated carbocycles. The van der Waals surface area contributed by atoms with E-state index in [4.69, 9.17) is 0 Å². The van der Waals surface area contributed by atoms with Gasteiger partial charge >= 0.3 is 0 Å². The van der Waals surface area contributed by atoms with Gasteiger partial charge < -0.3 is 25.7 Å². The number of rotatable bonds is 10. The van der Waals surface area contributed by atoms with Crippen LogP contribution >= 0.6 is 0 Å². The summed E-state index contributed by atoms with van der Waals surface area (Å²) in [6.07, 6.45) is 2.10. The topological polar surface area (TPSA) is 140 Å². The van der Waals surface area contributed by atoms with E-state index in [1.54, 1.807) is 0 Å². The molecule has 0 aliphatic carbocycles. The first-order valence-corrected chi connectivity index (χ1v) is 10.5. The Morgan fingerprint density at radius 2 is 1.90 bits per heavy atom. The van der Waals surface area contributed by atoms with Gasteiger partial charge in [0.1, 0.15) is 12.2 Å². The van der Waals surface area contributed by atoms with Crippen molar-refractivity contribution in [1.29, 1.82) is 0 Å². The monoisotopic (exact) mass is 420 g/mol. The number of β-amino-alcohol motifs (C(OH)–C–C–N with tert-alkyl or cyclic N) is 1. The van der Waals surface area contributed by atoms with Gasteiger partial charge in [-0.25, -0.2) is 0 Å². The summed E-state index contributed by atoms with van der Waals surface area (Å²) in [4.78, 5) is 3.37. The second-order valence-electron chi connectivity index (χ2n) is 7.86. The zero-order chi connectivity index (χ0) is 21.5. The first-order valence-electron chi connectivity index (χ1n) is 10.5. The summed E-state index contributed by atoms with van der Waals surface area (Å²) in [5, 5.41) is 54.2. The van der Waals surface area contributed by atoms with Crippen molar-refractivity contribution in [3.8, 4) is 5.69 Å². The molecule has 0 radical (unpaired) electrons. The van der Waals surface area contributed by atoms with Crippen LogP contribution in [0.4, 0.5) is 5.69 Å². The first kappa shape index (κ1) is 22.6. The van der Waals surface area contributed by atoms with Crippen molar-refractivity contribution in [1.82, 2.24) is 25.1 Å². The number of hydrogen-bond acceptors (Lipinski definition) is 9. The molecule has 30 heavy (non-hydrogen) atoms. The Labute approximate surface area is 176 Å². The summed E-state index contributed by atoms with van der Waals surface area (Å²) in [6.45, 7) is 3.59. The summed E-state index contributed by atoms with van der Waals surface area (Å²) >= 11 is 0. The molecule has 0 amide bonds. The first-order chi connectivity index (χ1) is 14.5. The van der Waals surface area contributed by atoms with Crippen LogP contribution in [0.1, 0.15) is 31.2 Å². The number of anilines is 1. The molecule has 0 unspecified atom stereocenters. The standard InChI is InChI=1S/C20H32N6O4/c1-14-10-15(6-7-16(14)26-23-13-22-24-26)21-8-4-2-3-5-9-25-11-18(28)20(30)19(29)17(25)12-27/h6-7,10,13,17-21,27-30H,2-5,8-9,11-12H2,1H3/t17-,18+,19-,20-/m1/s1. The lowest BCUT2D eigenvalue weighted by atomic mass is 9.94. The molecule has 2 heterocycles. The highest BCUT2D eigenvalue weighted by atomic mass is 16.4. The van der Waals surface area contributed by atoms with E-state index in [2.05, 4.69) is 26.8 Å². The third kappa shape index (κ3) is 5.52. The number of piperidine rings is 1. The van der Waals surface area contributed by atoms with E-state index in [1.165, 1.54) is 11.1 Å². The molecule has 166 valence electrons. The Morgan fingerprint density at radius 1 is 1.10 bits per heavy atom. The van der Waals surface area contributed by atoms with E-state index in [-0.39, 0.29) is 13.2 Å². The van der Waals surface area contributed by atoms with Crippen molar-refractivity contribution in [2.75, 3.05) is 31.6 Å². The minimum absolute atomic E-state index is 0.236. The Balaban J connectivity index is 1.33. The Bertz CT molecular complexity index is 775. The maximum Gasteiger partial charge on any atom is 0.162 e. The van der Waals surface area contributed by atoms with E-state index in [0.29, 0.717) is 6.54 Å². The highest BCUT2D eigenvalue weighted by Crippen LogP contribution is 2.20. The van der Waals surface area contributed by atoms with Crippen molar-refractivity contribution >= 4 is 5.69 Å². The quantitative estimate of drug-likeness (QED) is 0.328. The van der Waals surface area contributed by atoms with E-state index < -0.39 is 24.4 Å². The molecule has 0 bridgehead atoms. The molecular formula is C20H32N6O4. The summed E-state index contributed by atoms with van der Waals surface area (Å²) < 4.78 is 0. The lowest BCUT2D eigenvalue weighted by Gasteiger charge is -2.43. The van der Waals surface area contributed by atoms with Gasteiger partial charge in [0.25, 0.3) is 0 Å². The van der Waals surface area contributed by atoms with Gasteiger partial charge in [0.15, 0.2) is 6.33 Å². The van der Waals surface area contributed by atoms with E-state index >= 15 is 0 Å². The van der Waals surface area contributed by atoms with Crippen molar-refractivity contribution in [3.63, 3.8) is 0 Å². The average Bonchev–Trinajstić information content (AvgIpc) is 3.26. The molecule has 1 aliphatic heterocycles. The number of aliphatic hydroxyl groups excluding tert-OH is 4. The maximum absolute atomic E-state index is 10.0. The number of aromatic nitrogens is 4. The predicted molar refractivity (Wildman–Crippen MR) is 111 cm³/mol. The second-order valence-corrected chi connectivity index (χ2v) is 7.86. The van der Waals surface area contributed by atoms with Gasteiger partial charge in [-0.2, -0.15) is 0 Å². The Kier molecular flexibility index (Phi) is 8.11. The summed E-state index contributed by atoms with van der Waals surface area (Å²) in [5.41, 5.74) is 3.02. The Hall–Kier alpha value is -2.11. The number of unbranched alkanes of at least 4 members (excludes halogenated alkanes) is 3. The van der Waals surface area contributed by atoms with Crippen molar-refractivity contribution in [2.24, 2.45) is 0 Å². The van der Waals surface area contributed by atoms with Crippen LogP contribution in [0.5, 0.6) is 0 Å². The van der Waals surface area contributed by atoms with E-state index in [0.717, 1.165) is 49.2 Å².